The van der Waals surface area contributed by atoms with Crippen molar-refractivity contribution in [1.82, 2.24) is 10.1 Å². The first-order chi connectivity index (χ1) is 9.58. The Hall–Kier alpha value is -1.17. The summed E-state index contributed by atoms with van der Waals surface area (Å²) in [6.07, 6.45) is 4.02. The molecule has 0 saturated heterocycles. The summed E-state index contributed by atoms with van der Waals surface area (Å²) in [4.78, 5) is 4.31. The number of rotatable bonds is 3. The number of aromatic nitrogens is 2. The molecule has 21 heavy (non-hydrogen) atoms. The SMILES string of the molecule is Cl.NC1(c2noc(Cc3c(F)cccc3Cl)n2)CCCC1. The van der Waals surface area contributed by atoms with Crippen LogP contribution in [0.25, 0.3) is 0 Å². The van der Waals surface area contributed by atoms with Gasteiger partial charge in [0.2, 0.25) is 5.89 Å². The minimum absolute atomic E-state index is 0. The maximum absolute atomic E-state index is 13.7. The first-order valence-corrected chi connectivity index (χ1v) is 7.01. The number of nitrogens with zero attached hydrogens (tertiary/aromatic N) is 2. The van der Waals surface area contributed by atoms with Crippen molar-refractivity contribution >= 4 is 24.0 Å². The fraction of sp³-hybridized carbons (Fsp3) is 0.429. The van der Waals surface area contributed by atoms with Gasteiger partial charge in [-0.05, 0) is 25.0 Å². The maximum Gasteiger partial charge on any atom is 0.231 e. The molecule has 114 valence electrons. The molecule has 2 N–H and O–H groups in total. The lowest BCUT2D eigenvalue weighted by Gasteiger charge is -2.17. The Balaban J connectivity index is 0.00000161. The van der Waals surface area contributed by atoms with E-state index in [1.165, 1.54) is 6.07 Å². The number of benzene rings is 1. The zero-order valence-corrected chi connectivity index (χ0v) is 12.9. The normalized spacial score (nSPS) is 16.7. The van der Waals surface area contributed by atoms with Crippen molar-refractivity contribution in [3.05, 3.63) is 46.3 Å². The van der Waals surface area contributed by atoms with Gasteiger partial charge in [-0.15, -0.1) is 12.4 Å². The topological polar surface area (TPSA) is 64.9 Å². The predicted molar refractivity (Wildman–Crippen MR) is 80.1 cm³/mol. The molecule has 0 amide bonds. The summed E-state index contributed by atoms with van der Waals surface area (Å²) in [5, 5.41) is 4.30. The zero-order chi connectivity index (χ0) is 14.2. The van der Waals surface area contributed by atoms with Crippen molar-refractivity contribution in [2.75, 3.05) is 0 Å². The van der Waals surface area contributed by atoms with E-state index in [1.807, 2.05) is 0 Å². The number of halogens is 3. The minimum atomic E-state index is -0.499. The molecule has 1 saturated carbocycles. The van der Waals surface area contributed by atoms with Crippen LogP contribution >= 0.6 is 24.0 Å². The molecule has 1 aliphatic rings. The average molecular weight is 332 g/mol. The Morgan fingerprint density at radius 2 is 2.05 bits per heavy atom. The van der Waals surface area contributed by atoms with E-state index in [0.717, 1.165) is 25.7 Å². The Morgan fingerprint density at radius 1 is 1.33 bits per heavy atom. The van der Waals surface area contributed by atoms with Gasteiger partial charge in [0.15, 0.2) is 5.82 Å². The van der Waals surface area contributed by atoms with E-state index in [4.69, 9.17) is 21.9 Å². The van der Waals surface area contributed by atoms with Gasteiger partial charge in [0.1, 0.15) is 5.82 Å². The molecule has 0 bridgehead atoms. The van der Waals surface area contributed by atoms with Crippen molar-refractivity contribution in [3.8, 4) is 0 Å². The van der Waals surface area contributed by atoms with E-state index in [-0.39, 0.29) is 24.6 Å². The van der Waals surface area contributed by atoms with Gasteiger partial charge >= 0.3 is 0 Å². The molecular weight excluding hydrogens is 316 g/mol. The van der Waals surface area contributed by atoms with E-state index in [9.17, 15) is 4.39 Å². The highest BCUT2D eigenvalue weighted by Gasteiger charge is 2.36. The van der Waals surface area contributed by atoms with Crippen molar-refractivity contribution in [1.29, 1.82) is 0 Å². The van der Waals surface area contributed by atoms with Crippen LogP contribution in [0.15, 0.2) is 22.7 Å². The molecule has 1 fully saturated rings. The van der Waals surface area contributed by atoms with Crippen LogP contribution in [0.5, 0.6) is 0 Å². The molecule has 0 atom stereocenters. The van der Waals surface area contributed by atoms with Crippen LogP contribution in [0.4, 0.5) is 4.39 Å². The van der Waals surface area contributed by atoms with Gasteiger partial charge in [-0.25, -0.2) is 4.39 Å². The van der Waals surface area contributed by atoms with Crippen LogP contribution in [0.2, 0.25) is 5.02 Å². The third-order valence-corrected chi connectivity index (χ3v) is 4.15. The van der Waals surface area contributed by atoms with Crippen LogP contribution in [0.3, 0.4) is 0 Å². The summed E-state index contributed by atoms with van der Waals surface area (Å²) in [6, 6.07) is 4.56. The van der Waals surface area contributed by atoms with Crippen molar-refractivity contribution in [2.24, 2.45) is 5.73 Å². The largest absolute Gasteiger partial charge is 0.339 e. The molecule has 4 nitrogen and oxygen atoms in total. The van der Waals surface area contributed by atoms with Gasteiger partial charge in [-0.3, -0.25) is 0 Å². The van der Waals surface area contributed by atoms with Gasteiger partial charge in [0, 0.05) is 10.6 Å². The lowest BCUT2D eigenvalue weighted by Crippen LogP contribution is -2.34. The van der Waals surface area contributed by atoms with Crippen LogP contribution in [-0.4, -0.2) is 10.1 Å². The van der Waals surface area contributed by atoms with E-state index in [1.54, 1.807) is 12.1 Å². The molecule has 0 spiro atoms. The Morgan fingerprint density at radius 3 is 2.71 bits per heavy atom. The highest BCUT2D eigenvalue weighted by molar-refractivity contribution is 6.31. The first kappa shape index (κ1) is 16.2. The summed E-state index contributed by atoms with van der Waals surface area (Å²) in [5.74, 6) is 0.474. The second-order valence-corrected chi connectivity index (χ2v) is 5.66. The van der Waals surface area contributed by atoms with Crippen LogP contribution in [-0.2, 0) is 12.0 Å². The summed E-state index contributed by atoms with van der Waals surface area (Å²) in [6.45, 7) is 0. The van der Waals surface area contributed by atoms with Crippen LogP contribution in [0, 0.1) is 5.82 Å². The summed E-state index contributed by atoms with van der Waals surface area (Å²) in [5.41, 5.74) is 6.13. The number of nitrogens with two attached hydrogens (primary N) is 1. The fourth-order valence-corrected chi connectivity index (χ4v) is 2.84. The average Bonchev–Trinajstić information content (AvgIpc) is 3.04. The molecule has 3 rings (SSSR count). The molecule has 1 aliphatic carbocycles. The molecular formula is C14H16Cl2FN3O. The zero-order valence-electron chi connectivity index (χ0n) is 11.3. The Labute approximate surface area is 133 Å². The van der Waals surface area contributed by atoms with Gasteiger partial charge in [-0.1, -0.05) is 35.7 Å². The van der Waals surface area contributed by atoms with Gasteiger partial charge < -0.3 is 10.3 Å². The summed E-state index contributed by atoms with van der Waals surface area (Å²) in [7, 11) is 0. The molecule has 7 heteroatoms. The Bertz CT molecular complexity index is 606. The minimum Gasteiger partial charge on any atom is -0.339 e. The maximum atomic E-state index is 13.7. The molecule has 2 aromatic rings. The van der Waals surface area contributed by atoms with Crippen LogP contribution in [0.1, 0.15) is 43.0 Å². The quantitative estimate of drug-likeness (QED) is 0.933. The molecule has 0 unspecified atom stereocenters. The second kappa shape index (κ2) is 6.30. The lowest BCUT2D eigenvalue weighted by molar-refractivity contribution is 0.351. The smallest absolute Gasteiger partial charge is 0.231 e. The molecule has 1 aromatic heterocycles. The van der Waals surface area contributed by atoms with Crippen molar-refractivity contribution in [3.63, 3.8) is 0 Å². The van der Waals surface area contributed by atoms with E-state index in [0.29, 0.717) is 22.3 Å². The second-order valence-electron chi connectivity index (χ2n) is 5.25. The van der Waals surface area contributed by atoms with E-state index >= 15 is 0 Å². The van der Waals surface area contributed by atoms with Gasteiger partial charge in [-0.2, -0.15) is 4.98 Å². The Kier molecular flexibility index (Phi) is 4.86. The highest BCUT2D eigenvalue weighted by atomic mass is 35.5. The van der Waals surface area contributed by atoms with Gasteiger partial charge in [0.25, 0.3) is 0 Å². The van der Waals surface area contributed by atoms with E-state index < -0.39 is 5.54 Å². The predicted octanol–water partition coefficient (Wildman–Crippen LogP) is 3.60. The van der Waals surface area contributed by atoms with Crippen molar-refractivity contribution < 1.29 is 8.91 Å². The summed E-state index contributed by atoms with van der Waals surface area (Å²) >= 11 is 5.99. The third-order valence-electron chi connectivity index (χ3n) is 3.80. The standard InChI is InChI=1S/C14H15ClFN3O.ClH/c15-10-4-3-5-11(16)9(10)8-12-18-13(19-20-12)14(17)6-1-2-7-14;/h3-5H,1-2,6-8,17H2;1H. The van der Waals surface area contributed by atoms with Gasteiger partial charge in [0.05, 0.1) is 12.0 Å². The molecule has 0 radical (unpaired) electrons. The first-order valence-electron chi connectivity index (χ1n) is 6.63. The van der Waals surface area contributed by atoms with Crippen LogP contribution < -0.4 is 5.73 Å². The highest BCUT2D eigenvalue weighted by Crippen LogP contribution is 2.34. The third kappa shape index (κ3) is 3.20. The number of hydrogen-bond acceptors (Lipinski definition) is 4. The molecule has 1 heterocycles. The van der Waals surface area contributed by atoms with E-state index in [2.05, 4.69) is 10.1 Å². The fourth-order valence-electron chi connectivity index (χ4n) is 2.61. The molecule has 1 aromatic carbocycles. The summed E-state index contributed by atoms with van der Waals surface area (Å²) < 4.78 is 18.9. The monoisotopic (exact) mass is 331 g/mol. The molecule has 0 aliphatic heterocycles. The number of hydrogen-bond donors (Lipinski definition) is 1. The van der Waals surface area contributed by atoms with Crippen molar-refractivity contribution in [2.45, 2.75) is 37.6 Å². The lowest BCUT2D eigenvalue weighted by atomic mass is 9.99.